The Morgan fingerprint density at radius 1 is 1.47 bits per heavy atom. The van der Waals surface area contributed by atoms with Crippen molar-refractivity contribution in [2.45, 2.75) is 6.92 Å². The summed E-state index contributed by atoms with van der Waals surface area (Å²) in [5.74, 6) is 0. The van der Waals surface area contributed by atoms with Gasteiger partial charge in [0.25, 0.3) is 0 Å². The van der Waals surface area contributed by atoms with Crippen molar-refractivity contribution in [1.29, 1.82) is 0 Å². The molecule has 1 aromatic heterocycles. The number of hydrogen-bond acceptors (Lipinski definition) is 3. The van der Waals surface area contributed by atoms with Crippen LogP contribution in [0, 0.1) is 0 Å². The standard InChI is InChI=1S/C10H10ClO3P/c1-2-14-15(11,12)9-4-3-8-5-6-13-10(8)7-9/h3-7H,2H2,1H3. The zero-order chi connectivity index (χ0) is 10.9. The number of fused-ring (bicyclic) bond motifs is 1. The van der Waals surface area contributed by atoms with Crippen LogP contribution in [0.25, 0.3) is 11.0 Å². The molecule has 0 amide bonds. The van der Waals surface area contributed by atoms with Crippen LogP contribution in [0.4, 0.5) is 0 Å². The topological polar surface area (TPSA) is 39.4 Å². The predicted octanol–water partition coefficient (Wildman–Crippen LogP) is 3.53. The summed E-state index contributed by atoms with van der Waals surface area (Å²) in [5, 5.41) is 1.42. The van der Waals surface area contributed by atoms with E-state index in [9.17, 15) is 4.57 Å². The van der Waals surface area contributed by atoms with Gasteiger partial charge in [-0.2, -0.15) is 0 Å². The largest absolute Gasteiger partial charge is 0.464 e. The zero-order valence-electron chi connectivity index (χ0n) is 8.14. The third-order valence-corrected chi connectivity index (χ3v) is 4.41. The van der Waals surface area contributed by atoms with Crippen molar-refractivity contribution in [2.75, 3.05) is 6.61 Å². The van der Waals surface area contributed by atoms with E-state index >= 15 is 0 Å². The molecule has 3 nitrogen and oxygen atoms in total. The van der Waals surface area contributed by atoms with E-state index in [1.165, 1.54) is 0 Å². The molecule has 5 heteroatoms. The second-order valence-corrected chi connectivity index (χ2v) is 6.11. The van der Waals surface area contributed by atoms with E-state index in [4.69, 9.17) is 20.2 Å². The van der Waals surface area contributed by atoms with Gasteiger partial charge >= 0.3 is 6.72 Å². The maximum Gasteiger partial charge on any atom is 0.319 e. The van der Waals surface area contributed by atoms with Gasteiger partial charge in [-0.05, 0) is 36.4 Å². The molecule has 0 saturated carbocycles. The molecule has 1 heterocycles. The molecule has 0 fully saturated rings. The van der Waals surface area contributed by atoms with Crippen molar-refractivity contribution < 1.29 is 13.5 Å². The van der Waals surface area contributed by atoms with Crippen LogP contribution in [0.15, 0.2) is 34.9 Å². The van der Waals surface area contributed by atoms with E-state index in [1.54, 1.807) is 25.3 Å². The Labute approximate surface area is 92.2 Å². The lowest BCUT2D eigenvalue weighted by molar-refractivity contribution is 0.352. The van der Waals surface area contributed by atoms with Gasteiger partial charge in [0.05, 0.1) is 18.2 Å². The minimum absolute atomic E-state index is 0.316. The summed E-state index contributed by atoms with van der Waals surface area (Å²) >= 11 is 5.82. The summed E-state index contributed by atoms with van der Waals surface area (Å²) in [6.07, 6.45) is 1.58. The first-order valence-corrected chi connectivity index (χ1v) is 7.08. The van der Waals surface area contributed by atoms with E-state index in [0.29, 0.717) is 17.5 Å². The normalized spacial score (nSPS) is 15.3. The summed E-state index contributed by atoms with van der Waals surface area (Å²) in [6.45, 7) is -1.15. The Bertz CT molecular complexity index is 520. The van der Waals surface area contributed by atoms with Gasteiger partial charge in [0.2, 0.25) is 0 Å². The summed E-state index contributed by atoms with van der Waals surface area (Å²) in [7, 11) is 0. The lowest BCUT2D eigenvalue weighted by Gasteiger charge is -2.09. The molecule has 0 spiro atoms. The fraction of sp³-hybridized carbons (Fsp3) is 0.200. The molecule has 2 aromatic rings. The van der Waals surface area contributed by atoms with Crippen LogP contribution in [0.2, 0.25) is 0 Å². The van der Waals surface area contributed by atoms with Gasteiger partial charge in [-0.15, -0.1) is 0 Å². The maximum atomic E-state index is 11.9. The number of rotatable bonds is 3. The Kier molecular flexibility index (Phi) is 2.87. The van der Waals surface area contributed by atoms with Crippen LogP contribution in [0.1, 0.15) is 6.92 Å². The predicted molar refractivity (Wildman–Crippen MR) is 60.9 cm³/mol. The number of halogens is 1. The Morgan fingerprint density at radius 2 is 2.27 bits per heavy atom. The van der Waals surface area contributed by atoms with Gasteiger partial charge in [-0.1, -0.05) is 6.07 Å². The van der Waals surface area contributed by atoms with Gasteiger partial charge in [0.1, 0.15) is 5.58 Å². The number of furan rings is 1. The monoisotopic (exact) mass is 244 g/mol. The first-order chi connectivity index (χ1) is 7.13. The highest BCUT2D eigenvalue weighted by Gasteiger charge is 2.22. The molecule has 0 bridgehead atoms. The van der Waals surface area contributed by atoms with E-state index < -0.39 is 6.72 Å². The summed E-state index contributed by atoms with van der Waals surface area (Å²) in [4.78, 5) is 0. The third-order valence-electron chi connectivity index (χ3n) is 2.04. The molecule has 1 unspecified atom stereocenters. The molecule has 1 aromatic carbocycles. The lowest BCUT2D eigenvalue weighted by Crippen LogP contribution is -2.02. The highest BCUT2D eigenvalue weighted by Crippen LogP contribution is 2.51. The SMILES string of the molecule is CCOP(=O)(Cl)c1ccc2ccoc2c1. The summed E-state index contributed by atoms with van der Waals surface area (Å²) in [5.41, 5.74) is 0.660. The molecule has 1 atom stereocenters. The minimum Gasteiger partial charge on any atom is -0.464 e. The van der Waals surface area contributed by atoms with Gasteiger partial charge in [0.15, 0.2) is 0 Å². The lowest BCUT2D eigenvalue weighted by atomic mass is 10.3. The van der Waals surface area contributed by atoms with Gasteiger partial charge < -0.3 is 8.94 Å². The van der Waals surface area contributed by atoms with Crippen molar-refractivity contribution in [3.63, 3.8) is 0 Å². The number of hydrogen-bond donors (Lipinski definition) is 0. The van der Waals surface area contributed by atoms with Crippen LogP contribution in [-0.2, 0) is 9.09 Å². The molecular weight excluding hydrogens is 235 g/mol. The second kappa shape index (κ2) is 4.01. The van der Waals surface area contributed by atoms with Crippen molar-refractivity contribution in [2.24, 2.45) is 0 Å². The Balaban J connectivity index is 2.47. The fourth-order valence-corrected chi connectivity index (χ4v) is 2.96. The van der Waals surface area contributed by atoms with Crippen molar-refractivity contribution in [3.8, 4) is 0 Å². The number of benzene rings is 1. The minimum atomic E-state index is -3.21. The van der Waals surface area contributed by atoms with Crippen molar-refractivity contribution in [3.05, 3.63) is 30.5 Å². The average Bonchev–Trinajstić information content (AvgIpc) is 2.63. The molecule has 15 heavy (non-hydrogen) atoms. The molecule has 0 radical (unpaired) electrons. The average molecular weight is 245 g/mol. The van der Waals surface area contributed by atoms with Crippen LogP contribution in [-0.4, -0.2) is 6.61 Å². The third kappa shape index (κ3) is 2.10. The van der Waals surface area contributed by atoms with Gasteiger partial charge in [0, 0.05) is 5.39 Å². The van der Waals surface area contributed by atoms with Gasteiger partial charge in [-0.25, -0.2) is 0 Å². The Hall–Kier alpha value is -0.760. The van der Waals surface area contributed by atoms with E-state index in [1.807, 2.05) is 12.1 Å². The molecule has 0 N–H and O–H groups in total. The summed E-state index contributed by atoms with van der Waals surface area (Å²) in [6, 6.07) is 6.99. The first kappa shape index (κ1) is 10.7. The van der Waals surface area contributed by atoms with Crippen molar-refractivity contribution >= 4 is 34.2 Å². The first-order valence-electron chi connectivity index (χ1n) is 4.55. The maximum absolute atomic E-state index is 11.9. The Morgan fingerprint density at radius 3 is 3.00 bits per heavy atom. The van der Waals surface area contributed by atoms with Crippen LogP contribution < -0.4 is 5.30 Å². The zero-order valence-corrected chi connectivity index (χ0v) is 9.79. The van der Waals surface area contributed by atoms with E-state index in [-0.39, 0.29) is 0 Å². The highest BCUT2D eigenvalue weighted by molar-refractivity contribution is 7.91. The van der Waals surface area contributed by atoms with Crippen LogP contribution >= 0.6 is 18.0 Å². The highest BCUT2D eigenvalue weighted by atomic mass is 35.7. The van der Waals surface area contributed by atoms with E-state index in [2.05, 4.69) is 0 Å². The van der Waals surface area contributed by atoms with Crippen LogP contribution in [0.5, 0.6) is 0 Å². The molecule has 0 aliphatic carbocycles. The molecule has 0 saturated heterocycles. The molecule has 0 aliphatic rings. The molecular formula is C10H10ClO3P. The quantitative estimate of drug-likeness (QED) is 0.776. The summed E-state index contributed by atoms with van der Waals surface area (Å²) < 4.78 is 22.1. The van der Waals surface area contributed by atoms with Crippen molar-refractivity contribution in [1.82, 2.24) is 0 Å². The van der Waals surface area contributed by atoms with Gasteiger partial charge in [-0.3, -0.25) is 4.57 Å². The van der Waals surface area contributed by atoms with E-state index in [0.717, 1.165) is 5.39 Å². The van der Waals surface area contributed by atoms with Crippen LogP contribution in [0.3, 0.4) is 0 Å². The molecule has 0 aliphatic heterocycles. The fourth-order valence-electron chi connectivity index (χ4n) is 1.35. The molecule has 80 valence electrons. The smallest absolute Gasteiger partial charge is 0.319 e. The molecule has 2 rings (SSSR count). The second-order valence-electron chi connectivity index (χ2n) is 3.04.